The van der Waals surface area contributed by atoms with Crippen molar-refractivity contribution in [1.29, 1.82) is 5.26 Å². The lowest BCUT2D eigenvalue weighted by atomic mass is 9.94. The van der Waals surface area contributed by atoms with E-state index < -0.39 is 17.6 Å². The summed E-state index contributed by atoms with van der Waals surface area (Å²) in [5.74, 6) is -1.13. The van der Waals surface area contributed by atoms with Crippen LogP contribution in [0.2, 0.25) is 0 Å². The molecule has 0 amide bonds. The average Bonchev–Trinajstić information content (AvgIpc) is 2.45. The Labute approximate surface area is 125 Å². The lowest BCUT2D eigenvalue weighted by Gasteiger charge is -2.33. The van der Waals surface area contributed by atoms with E-state index in [2.05, 4.69) is 23.2 Å². The summed E-state index contributed by atoms with van der Waals surface area (Å²) in [6.07, 6.45) is -1.11. The monoisotopic (exact) mass is 305 g/mol. The Morgan fingerprint density at radius 2 is 1.90 bits per heavy atom. The minimum Gasteiger partial charge on any atom is -0.303 e. The van der Waals surface area contributed by atoms with E-state index in [4.69, 9.17) is 0 Å². The lowest BCUT2D eigenvalue weighted by Crippen LogP contribution is -2.43. The molecule has 0 bridgehead atoms. The van der Waals surface area contributed by atoms with E-state index in [0.717, 1.165) is 32.4 Å². The van der Waals surface area contributed by atoms with E-state index in [1.54, 1.807) is 0 Å². The summed E-state index contributed by atoms with van der Waals surface area (Å²) in [4.78, 5) is 2.08. The normalized spacial score (nSPS) is 21.0. The lowest BCUT2D eigenvalue weighted by molar-refractivity contribution is -0.185. The van der Waals surface area contributed by atoms with Crippen molar-refractivity contribution in [3.05, 3.63) is 0 Å². The van der Waals surface area contributed by atoms with Crippen molar-refractivity contribution in [3.8, 4) is 6.07 Å². The van der Waals surface area contributed by atoms with Crippen molar-refractivity contribution in [3.63, 3.8) is 0 Å². The molecule has 1 aliphatic heterocycles. The van der Waals surface area contributed by atoms with E-state index in [-0.39, 0.29) is 12.8 Å². The molecular formula is C15H26F3N3. The number of likely N-dealkylation sites (tertiary alicyclic amines) is 1. The maximum atomic E-state index is 12.6. The predicted octanol–water partition coefficient (Wildman–Crippen LogP) is 3.32. The van der Waals surface area contributed by atoms with Gasteiger partial charge in [0.2, 0.25) is 0 Å². The quantitative estimate of drug-likeness (QED) is 0.784. The summed E-state index contributed by atoms with van der Waals surface area (Å²) in [7, 11) is 0. The summed E-state index contributed by atoms with van der Waals surface area (Å²) in [6, 6.07) is 2.30. The molecule has 122 valence electrons. The molecule has 1 fully saturated rings. The van der Waals surface area contributed by atoms with Crippen LogP contribution in [-0.2, 0) is 0 Å². The molecule has 1 saturated heterocycles. The minimum atomic E-state index is -4.05. The smallest absolute Gasteiger partial charge is 0.303 e. The Bertz CT molecular complexity index is 343. The Morgan fingerprint density at radius 1 is 1.29 bits per heavy atom. The van der Waals surface area contributed by atoms with Crippen LogP contribution < -0.4 is 5.32 Å². The number of piperidine rings is 1. The van der Waals surface area contributed by atoms with Gasteiger partial charge in [0.05, 0.1) is 12.0 Å². The largest absolute Gasteiger partial charge is 0.391 e. The highest BCUT2D eigenvalue weighted by molar-refractivity contribution is 5.03. The van der Waals surface area contributed by atoms with Crippen molar-refractivity contribution in [2.45, 2.75) is 57.7 Å². The van der Waals surface area contributed by atoms with Crippen LogP contribution in [0.1, 0.15) is 46.0 Å². The van der Waals surface area contributed by atoms with Gasteiger partial charge in [-0.2, -0.15) is 18.4 Å². The van der Waals surface area contributed by atoms with Gasteiger partial charge in [0.25, 0.3) is 0 Å². The van der Waals surface area contributed by atoms with E-state index in [9.17, 15) is 18.4 Å². The van der Waals surface area contributed by atoms with Gasteiger partial charge in [-0.3, -0.25) is 5.32 Å². The van der Waals surface area contributed by atoms with Crippen LogP contribution in [0, 0.1) is 17.2 Å². The highest BCUT2D eigenvalue weighted by Crippen LogP contribution is 2.34. The first-order valence-electron chi connectivity index (χ1n) is 7.76. The molecule has 0 aromatic heterocycles. The Balaban J connectivity index is 2.27. The molecule has 0 saturated carbocycles. The highest BCUT2D eigenvalue weighted by atomic mass is 19.4. The van der Waals surface area contributed by atoms with Gasteiger partial charge in [-0.1, -0.05) is 6.92 Å². The maximum Gasteiger partial charge on any atom is 0.391 e. The van der Waals surface area contributed by atoms with Crippen LogP contribution in [-0.4, -0.2) is 42.8 Å². The number of alkyl halides is 3. The molecule has 1 unspecified atom stereocenters. The fraction of sp³-hybridized carbons (Fsp3) is 0.933. The molecule has 3 nitrogen and oxygen atoms in total. The molecule has 0 spiro atoms. The average molecular weight is 305 g/mol. The number of nitriles is 1. The molecule has 0 aromatic rings. The van der Waals surface area contributed by atoms with Gasteiger partial charge < -0.3 is 4.90 Å². The summed E-state index contributed by atoms with van der Waals surface area (Å²) in [5.41, 5.74) is -0.527. The van der Waals surface area contributed by atoms with Crippen LogP contribution in [0.25, 0.3) is 0 Å². The second kappa shape index (κ2) is 8.00. The number of halogens is 3. The van der Waals surface area contributed by atoms with Crippen molar-refractivity contribution >= 4 is 0 Å². The molecule has 6 heteroatoms. The number of rotatable bonds is 7. The predicted molar refractivity (Wildman–Crippen MR) is 76.8 cm³/mol. The summed E-state index contributed by atoms with van der Waals surface area (Å²) in [5, 5.41) is 12.5. The highest BCUT2D eigenvalue weighted by Gasteiger charge is 2.40. The summed E-state index contributed by atoms with van der Waals surface area (Å²) < 4.78 is 37.7. The molecule has 21 heavy (non-hydrogen) atoms. The zero-order valence-corrected chi connectivity index (χ0v) is 13.0. The first kappa shape index (κ1) is 18.2. The third-order valence-electron chi connectivity index (χ3n) is 4.21. The van der Waals surface area contributed by atoms with Crippen LogP contribution in [0.15, 0.2) is 0 Å². The zero-order chi connectivity index (χ0) is 15.9. The third kappa shape index (κ3) is 6.23. The van der Waals surface area contributed by atoms with Gasteiger partial charge in [0.15, 0.2) is 0 Å². The summed E-state index contributed by atoms with van der Waals surface area (Å²) >= 11 is 0. The standard InChI is InChI=1S/C15H26F3N3/c1-3-8-20-14(2,12-19)7-4-9-21-10-5-13(6-11-21)15(16,17)18/h13,20H,3-11H2,1-2H3. The van der Waals surface area contributed by atoms with Crippen LogP contribution >= 0.6 is 0 Å². The van der Waals surface area contributed by atoms with E-state index in [1.165, 1.54) is 0 Å². The molecule has 1 heterocycles. The third-order valence-corrected chi connectivity index (χ3v) is 4.21. The first-order valence-corrected chi connectivity index (χ1v) is 7.76. The van der Waals surface area contributed by atoms with Gasteiger partial charge in [-0.25, -0.2) is 0 Å². The van der Waals surface area contributed by atoms with Crippen molar-refractivity contribution in [2.75, 3.05) is 26.2 Å². The van der Waals surface area contributed by atoms with Gasteiger partial charge >= 0.3 is 6.18 Å². The van der Waals surface area contributed by atoms with Crippen LogP contribution in [0.4, 0.5) is 13.2 Å². The fourth-order valence-electron chi connectivity index (χ4n) is 2.72. The van der Waals surface area contributed by atoms with Gasteiger partial charge in [0, 0.05) is 0 Å². The van der Waals surface area contributed by atoms with Crippen LogP contribution in [0.3, 0.4) is 0 Å². The molecule has 1 rings (SSSR count). The molecular weight excluding hydrogens is 279 g/mol. The molecule has 0 aliphatic carbocycles. The minimum absolute atomic E-state index is 0.201. The molecule has 1 aliphatic rings. The van der Waals surface area contributed by atoms with Gasteiger partial charge in [-0.15, -0.1) is 0 Å². The van der Waals surface area contributed by atoms with Gasteiger partial charge in [0.1, 0.15) is 5.54 Å². The fourth-order valence-corrected chi connectivity index (χ4v) is 2.72. The molecule has 1 atom stereocenters. The number of hydrogen-bond acceptors (Lipinski definition) is 3. The van der Waals surface area contributed by atoms with E-state index in [0.29, 0.717) is 13.1 Å². The second-order valence-corrected chi connectivity index (χ2v) is 6.13. The van der Waals surface area contributed by atoms with Crippen molar-refractivity contribution in [1.82, 2.24) is 10.2 Å². The Kier molecular flexibility index (Phi) is 6.95. The van der Waals surface area contributed by atoms with Crippen molar-refractivity contribution in [2.24, 2.45) is 5.92 Å². The van der Waals surface area contributed by atoms with Crippen molar-refractivity contribution < 1.29 is 13.2 Å². The van der Waals surface area contributed by atoms with E-state index >= 15 is 0 Å². The summed E-state index contributed by atoms with van der Waals surface area (Å²) in [6.45, 7) is 6.54. The molecule has 0 radical (unpaired) electrons. The number of nitrogens with one attached hydrogen (secondary N) is 1. The zero-order valence-electron chi connectivity index (χ0n) is 13.0. The number of hydrogen-bond donors (Lipinski definition) is 1. The number of nitrogens with zero attached hydrogens (tertiary/aromatic N) is 2. The maximum absolute atomic E-state index is 12.6. The topological polar surface area (TPSA) is 39.1 Å². The first-order chi connectivity index (χ1) is 9.80. The Morgan fingerprint density at radius 3 is 2.38 bits per heavy atom. The van der Waals surface area contributed by atoms with Crippen LogP contribution in [0.5, 0.6) is 0 Å². The Hall–Kier alpha value is -0.800. The second-order valence-electron chi connectivity index (χ2n) is 6.13. The molecule has 1 N–H and O–H groups in total. The van der Waals surface area contributed by atoms with Gasteiger partial charge in [-0.05, 0) is 65.2 Å². The van der Waals surface area contributed by atoms with E-state index in [1.807, 2.05) is 6.92 Å². The molecule has 0 aromatic carbocycles. The SMILES string of the molecule is CCCNC(C)(C#N)CCCN1CCC(C(F)(F)F)CC1.